The monoisotopic (exact) mass is 393 g/mol. The van der Waals surface area contributed by atoms with Gasteiger partial charge >= 0.3 is 0 Å². The molecule has 2 aromatic carbocycles. The Hall–Kier alpha value is -3.18. The van der Waals surface area contributed by atoms with E-state index in [0.717, 1.165) is 17.5 Å². The highest BCUT2D eigenvalue weighted by molar-refractivity contribution is 6.30. The zero-order valence-electron chi connectivity index (χ0n) is 15.2. The third-order valence-electron chi connectivity index (χ3n) is 4.12. The van der Waals surface area contributed by atoms with Gasteiger partial charge in [-0.25, -0.2) is 4.98 Å². The van der Waals surface area contributed by atoms with Crippen molar-refractivity contribution in [2.24, 2.45) is 0 Å². The number of carbonyl (C=O) groups excluding carboxylic acids is 2. The SMILES string of the molecule is O=C(NCCc1ccccc1)c1cccc(C(=O)NCc2ccc(Cl)cc2)n1. The lowest BCUT2D eigenvalue weighted by Gasteiger charge is -2.08. The van der Waals surface area contributed by atoms with E-state index < -0.39 is 0 Å². The quantitative estimate of drug-likeness (QED) is 0.643. The lowest BCUT2D eigenvalue weighted by atomic mass is 10.1. The largest absolute Gasteiger partial charge is 0.350 e. The second kappa shape index (κ2) is 9.67. The van der Waals surface area contributed by atoms with Crippen LogP contribution in [0.5, 0.6) is 0 Å². The number of aromatic nitrogens is 1. The highest BCUT2D eigenvalue weighted by atomic mass is 35.5. The molecule has 6 heteroatoms. The maximum atomic E-state index is 12.3. The Morgan fingerprint density at radius 1 is 0.750 bits per heavy atom. The van der Waals surface area contributed by atoms with Gasteiger partial charge < -0.3 is 10.6 Å². The Morgan fingerprint density at radius 3 is 2.07 bits per heavy atom. The summed E-state index contributed by atoms with van der Waals surface area (Å²) in [5.74, 6) is -0.642. The molecule has 0 spiro atoms. The van der Waals surface area contributed by atoms with Gasteiger partial charge in [-0.2, -0.15) is 0 Å². The molecule has 1 heterocycles. The Morgan fingerprint density at radius 2 is 1.39 bits per heavy atom. The number of hydrogen-bond donors (Lipinski definition) is 2. The Kier molecular flexibility index (Phi) is 6.76. The van der Waals surface area contributed by atoms with Gasteiger partial charge in [-0.05, 0) is 41.8 Å². The second-order valence-corrected chi connectivity index (χ2v) is 6.65. The van der Waals surface area contributed by atoms with Crippen LogP contribution >= 0.6 is 11.6 Å². The van der Waals surface area contributed by atoms with Crippen LogP contribution < -0.4 is 10.6 Å². The van der Waals surface area contributed by atoms with Gasteiger partial charge in [-0.1, -0.05) is 60.1 Å². The van der Waals surface area contributed by atoms with Crippen LogP contribution in [0.1, 0.15) is 32.1 Å². The number of halogens is 1. The minimum absolute atomic E-state index is 0.199. The number of nitrogens with zero attached hydrogens (tertiary/aromatic N) is 1. The molecule has 0 fully saturated rings. The Bertz CT molecular complexity index is 944. The van der Waals surface area contributed by atoms with Gasteiger partial charge in [0.15, 0.2) is 0 Å². The zero-order chi connectivity index (χ0) is 19.8. The van der Waals surface area contributed by atoms with Crippen molar-refractivity contribution in [1.82, 2.24) is 15.6 Å². The summed E-state index contributed by atoms with van der Waals surface area (Å²) >= 11 is 5.85. The van der Waals surface area contributed by atoms with Crippen LogP contribution in [0.25, 0.3) is 0 Å². The van der Waals surface area contributed by atoms with E-state index in [2.05, 4.69) is 15.6 Å². The Labute approximate surface area is 168 Å². The summed E-state index contributed by atoms with van der Waals surface area (Å²) in [4.78, 5) is 28.8. The van der Waals surface area contributed by atoms with Gasteiger partial charge in [-0.15, -0.1) is 0 Å². The van der Waals surface area contributed by atoms with E-state index in [9.17, 15) is 9.59 Å². The van der Waals surface area contributed by atoms with Crippen LogP contribution in [0.4, 0.5) is 0 Å². The molecule has 0 unspecified atom stereocenters. The van der Waals surface area contributed by atoms with E-state index in [4.69, 9.17) is 11.6 Å². The summed E-state index contributed by atoms with van der Waals surface area (Å²) in [6.45, 7) is 0.850. The van der Waals surface area contributed by atoms with Crippen LogP contribution in [-0.2, 0) is 13.0 Å². The molecule has 0 aliphatic carbocycles. The molecular formula is C22H20ClN3O2. The van der Waals surface area contributed by atoms with Crippen molar-refractivity contribution in [3.8, 4) is 0 Å². The van der Waals surface area contributed by atoms with Crippen LogP contribution in [0.15, 0.2) is 72.8 Å². The number of rotatable bonds is 7. The summed E-state index contributed by atoms with van der Waals surface area (Å²) in [7, 11) is 0. The molecule has 3 aromatic rings. The molecule has 0 radical (unpaired) electrons. The number of nitrogens with one attached hydrogen (secondary N) is 2. The molecule has 5 nitrogen and oxygen atoms in total. The number of carbonyl (C=O) groups is 2. The first-order valence-corrected chi connectivity index (χ1v) is 9.31. The number of hydrogen-bond acceptors (Lipinski definition) is 3. The highest BCUT2D eigenvalue weighted by Gasteiger charge is 2.12. The van der Waals surface area contributed by atoms with Crippen molar-refractivity contribution in [2.75, 3.05) is 6.54 Å². The average molecular weight is 394 g/mol. The molecule has 28 heavy (non-hydrogen) atoms. The van der Waals surface area contributed by atoms with Crippen molar-refractivity contribution in [1.29, 1.82) is 0 Å². The zero-order valence-corrected chi connectivity index (χ0v) is 15.9. The molecular weight excluding hydrogens is 374 g/mol. The number of pyridine rings is 1. The highest BCUT2D eigenvalue weighted by Crippen LogP contribution is 2.09. The first kappa shape index (κ1) is 19.6. The molecule has 3 rings (SSSR count). The normalized spacial score (nSPS) is 10.3. The molecule has 0 saturated carbocycles. The van der Waals surface area contributed by atoms with E-state index in [0.29, 0.717) is 18.1 Å². The average Bonchev–Trinajstić information content (AvgIpc) is 2.74. The molecule has 0 saturated heterocycles. The summed E-state index contributed by atoms with van der Waals surface area (Å²) in [5.41, 5.74) is 2.48. The van der Waals surface area contributed by atoms with E-state index in [1.165, 1.54) is 0 Å². The summed E-state index contributed by atoms with van der Waals surface area (Å²) in [6.07, 6.45) is 0.730. The molecule has 2 N–H and O–H groups in total. The van der Waals surface area contributed by atoms with Gasteiger partial charge in [0.2, 0.25) is 0 Å². The fourth-order valence-corrected chi connectivity index (χ4v) is 2.74. The lowest BCUT2D eigenvalue weighted by Crippen LogP contribution is -2.28. The smallest absolute Gasteiger partial charge is 0.270 e. The standard InChI is InChI=1S/C22H20ClN3O2/c23-18-11-9-17(10-12-18)15-25-22(28)20-8-4-7-19(26-20)21(27)24-14-13-16-5-2-1-3-6-16/h1-12H,13-15H2,(H,24,27)(H,25,28). The Balaban J connectivity index is 1.54. The van der Waals surface area contributed by atoms with E-state index in [-0.39, 0.29) is 23.2 Å². The maximum Gasteiger partial charge on any atom is 0.270 e. The minimum Gasteiger partial charge on any atom is -0.350 e. The molecule has 0 atom stereocenters. The molecule has 142 valence electrons. The topological polar surface area (TPSA) is 71.1 Å². The third kappa shape index (κ3) is 5.66. The van der Waals surface area contributed by atoms with E-state index in [1.807, 2.05) is 42.5 Å². The maximum absolute atomic E-state index is 12.3. The van der Waals surface area contributed by atoms with Crippen molar-refractivity contribution >= 4 is 23.4 Å². The van der Waals surface area contributed by atoms with Crippen molar-refractivity contribution in [3.05, 3.63) is 100 Å². The molecule has 0 aliphatic heterocycles. The fourth-order valence-electron chi connectivity index (χ4n) is 2.62. The van der Waals surface area contributed by atoms with Gasteiger partial charge in [0.1, 0.15) is 11.4 Å². The van der Waals surface area contributed by atoms with Crippen molar-refractivity contribution in [2.45, 2.75) is 13.0 Å². The second-order valence-electron chi connectivity index (χ2n) is 6.21. The van der Waals surface area contributed by atoms with Gasteiger partial charge in [0.25, 0.3) is 11.8 Å². The number of amides is 2. The van der Waals surface area contributed by atoms with E-state index in [1.54, 1.807) is 30.3 Å². The van der Waals surface area contributed by atoms with Crippen LogP contribution in [0.3, 0.4) is 0 Å². The summed E-state index contributed by atoms with van der Waals surface area (Å²) in [6, 6.07) is 21.9. The minimum atomic E-state index is -0.339. The summed E-state index contributed by atoms with van der Waals surface area (Å²) < 4.78 is 0. The molecule has 0 bridgehead atoms. The van der Waals surface area contributed by atoms with Crippen molar-refractivity contribution in [3.63, 3.8) is 0 Å². The third-order valence-corrected chi connectivity index (χ3v) is 4.37. The summed E-state index contributed by atoms with van der Waals surface area (Å²) in [5, 5.41) is 6.26. The van der Waals surface area contributed by atoms with Crippen LogP contribution in [0.2, 0.25) is 5.02 Å². The molecule has 1 aromatic heterocycles. The van der Waals surface area contributed by atoms with Crippen LogP contribution in [-0.4, -0.2) is 23.3 Å². The number of benzene rings is 2. The predicted octanol–water partition coefficient (Wildman–Crippen LogP) is 3.64. The van der Waals surface area contributed by atoms with Gasteiger partial charge in [0, 0.05) is 18.1 Å². The first-order chi connectivity index (χ1) is 13.6. The van der Waals surface area contributed by atoms with Gasteiger partial charge in [0.05, 0.1) is 0 Å². The lowest BCUT2D eigenvalue weighted by molar-refractivity contribution is 0.0943. The van der Waals surface area contributed by atoms with E-state index >= 15 is 0 Å². The predicted molar refractivity (Wildman–Crippen MR) is 109 cm³/mol. The fraction of sp³-hybridized carbons (Fsp3) is 0.136. The van der Waals surface area contributed by atoms with Crippen molar-refractivity contribution < 1.29 is 9.59 Å². The molecule has 0 aliphatic rings. The first-order valence-electron chi connectivity index (χ1n) is 8.93. The molecule has 2 amide bonds. The van der Waals surface area contributed by atoms with Gasteiger partial charge in [-0.3, -0.25) is 9.59 Å². The van der Waals surface area contributed by atoms with Crippen LogP contribution in [0, 0.1) is 0 Å².